The lowest BCUT2D eigenvalue weighted by atomic mass is 10.0. The summed E-state index contributed by atoms with van der Waals surface area (Å²) in [5.41, 5.74) is 6.66. The lowest BCUT2D eigenvalue weighted by molar-refractivity contribution is 0.0620. The molecule has 0 aromatic rings. The van der Waals surface area contributed by atoms with Crippen LogP contribution in [-0.2, 0) is 4.74 Å². The van der Waals surface area contributed by atoms with Gasteiger partial charge in [-0.2, -0.15) is 0 Å². The molecule has 5 heteroatoms. The maximum atomic E-state index is 9.08. The first-order valence-corrected chi connectivity index (χ1v) is 6.01. The fourth-order valence-electron chi connectivity index (χ4n) is 2.11. The molecule has 1 aliphatic heterocycles. The van der Waals surface area contributed by atoms with E-state index in [-0.39, 0.29) is 17.4 Å². The third-order valence-electron chi connectivity index (χ3n) is 3.25. The van der Waals surface area contributed by atoms with Gasteiger partial charge in [0, 0.05) is 13.1 Å². The first-order valence-electron chi connectivity index (χ1n) is 6.01. The molecule has 0 aromatic carbocycles. The normalized spacial score (nSPS) is 22.3. The Bertz CT molecular complexity index is 463. The number of nitrogens with one attached hydrogen (secondary N) is 1. The van der Waals surface area contributed by atoms with Crippen molar-refractivity contribution >= 4 is 11.6 Å². The van der Waals surface area contributed by atoms with E-state index in [0.29, 0.717) is 11.5 Å². The predicted molar refractivity (Wildman–Crippen MR) is 71.6 cm³/mol. The standard InChI is InChI=1S/C13H17N4O/c1-17-6-4-9(5-7-17)18-13-10(8-14)11(15)2-3-12(13)16/h2-3,9,15H,4-7,16H2,1H3/q-1. The largest absolute Gasteiger partial charge is 0.763 e. The van der Waals surface area contributed by atoms with E-state index in [9.17, 15) is 0 Å². The lowest BCUT2D eigenvalue weighted by Crippen LogP contribution is -2.35. The summed E-state index contributed by atoms with van der Waals surface area (Å²) in [6, 6.07) is 0. The Balaban J connectivity index is 2.14. The van der Waals surface area contributed by atoms with E-state index in [2.05, 4.69) is 11.9 Å². The van der Waals surface area contributed by atoms with Crippen LogP contribution in [0.25, 0.3) is 5.41 Å². The smallest absolute Gasteiger partial charge is 0.157 e. The van der Waals surface area contributed by atoms with Gasteiger partial charge in [-0.3, -0.25) is 11.3 Å². The van der Waals surface area contributed by atoms with Crippen molar-refractivity contribution in [1.82, 2.24) is 4.90 Å². The highest BCUT2D eigenvalue weighted by Crippen LogP contribution is 2.24. The van der Waals surface area contributed by atoms with Gasteiger partial charge in [0.25, 0.3) is 0 Å². The summed E-state index contributed by atoms with van der Waals surface area (Å²) in [6.45, 7) is 1.96. The fourth-order valence-corrected chi connectivity index (χ4v) is 2.11. The average Bonchev–Trinajstić information content (AvgIpc) is 2.37. The van der Waals surface area contributed by atoms with Gasteiger partial charge in [-0.1, -0.05) is 0 Å². The molecule has 18 heavy (non-hydrogen) atoms. The van der Waals surface area contributed by atoms with Crippen molar-refractivity contribution in [1.29, 1.82) is 5.41 Å². The molecule has 2 rings (SSSR count). The Kier molecular flexibility index (Phi) is 3.65. The molecule has 2 aliphatic rings. The highest BCUT2D eigenvalue weighted by atomic mass is 16.5. The van der Waals surface area contributed by atoms with E-state index in [1.165, 1.54) is 6.08 Å². The number of nitrogens with zero attached hydrogens (tertiary/aromatic N) is 2. The van der Waals surface area contributed by atoms with Crippen molar-refractivity contribution in [3.63, 3.8) is 0 Å². The monoisotopic (exact) mass is 245 g/mol. The van der Waals surface area contributed by atoms with Crippen LogP contribution in [0.2, 0.25) is 0 Å². The van der Waals surface area contributed by atoms with Crippen LogP contribution in [0.4, 0.5) is 0 Å². The van der Waals surface area contributed by atoms with Crippen LogP contribution in [0.3, 0.4) is 0 Å². The molecule has 0 saturated carbocycles. The van der Waals surface area contributed by atoms with E-state index in [1.54, 1.807) is 6.08 Å². The van der Waals surface area contributed by atoms with Crippen LogP contribution >= 0.6 is 0 Å². The number of hydrogen-bond donors (Lipinski definition) is 2. The van der Waals surface area contributed by atoms with Gasteiger partial charge < -0.3 is 20.8 Å². The van der Waals surface area contributed by atoms with Crippen LogP contribution < -0.4 is 5.73 Å². The van der Waals surface area contributed by atoms with Crippen LogP contribution in [-0.4, -0.2) is 42.7 Å². The van der Waals surface area contributed by atoms with Gasteiger partial charge in [0.1, 0.15) is 6.10 Å². The Morgan fingerprint density at radius 1 is 1.44 bits per heavy atom. The summed E-state index contributed by atoms with van der Waals surface area (Å²) < 4.78 is 5.84. The minimum atomic E-state index is 0.0809. The topological polar surface area (TPSA) is 84.6 Å². The SMILES string of the molecule is CN1CCC(OC2=C(N)C=CC(=N)C2=C=[N-])CC1. The van der Waals surface area contributed by atoms with E-state index < -0.39 is 0 Å². The van der Waals surface area contributed by atoms with Crippen molar-refractivity contribution < 1.29 is 4.74 Å². The summed E-state index contributed by atoms with van der Waals surface area (Å²) in [5, 5.41) is 16.8. The van der Waals surface area contributed by atoms with Gasteiger partial charge in [-0.05, 0) is 32.0 Å². The quantitative estimate of drug-likeness (QED) is 0.712. The second-order valence-corrected chi connectivity index (χ2v) is 4.64. The Hall–Kier alpha value is -1.84. The lowest BCUT2D eigenvalue weighted by Gasteiger charge is -2.31. The molecular formula is C13H17N4O-. The number of rotatable bonds is 2. The molecule has 0 aromatic heterocycles. The molecule has 0 spiro atoms. The number of likely N-dealkylation sites (tertiary alicyclic amines) is 1. The van der Waals surface area contributed by atoms with Gasteiger partial charge in [0.2, 0.25) is 0 Å². The van der Waals surface area contributed by atoms with E-state index in [1.807, 2.05) is 5.87 Å². The van der Waals surface area contributed by atoms with Gasteiger partial charge >= 0.3 is 0 Å². The molecule has 1 fully saturated rings. The van der Waals surface area contributed by atoms with Gasteiger partial charge in [-0.25, -0.2) is 0 Å². The van der Waals surface area contributed by atoms with E-state index >= 15 is 0 Å². The van der Waals surface area contributed by atoms with Crippen molar-refractivity contribution in [3.8, 4) is 0 Å². The minimum Gasteiger partial charge on any atom is -0.763 e. The first-order chi connectivity index (χ1) is 8.61. The van der Waals surface area contributed by atoms with Crippen molar-refractivity contribution in [2.24, 2.45) is 5.73 Å². The Morgan fingerprint density at radius 3 is 2.72 bits per heavy atom. The molecule has 5 nitrogen and oxygen atoms in total. The number of allylic oxidation sites excluding steroid dienone is 3. The van der Waals surface area contributed by atoms with E-state index in [0.717, 1.165) is 25.9 Å². The highest BCUT2D eigenvalue weighted by Gasteiger charge is 2.23. The van der Waals surface area contributed by atoms with Crippen LogP contribution in [0.1, 0.15) is 12.8 Å². The van der Waals surface area contributed by atoms with Crippen LogP contribution in [0, 0.1) is 5.41 Å². The zero-order valence-corrected chi connectivity index (χ0v) is 10.4. The Labute approximate surface area is 107 Å². The zero-order valence-electron chi connectivity index (χ0n) is 10.4. The predicted octanol–water partition coefficient (Wildman–Crippen LogP) is 1.02. The number of hydrogen-bond acceptors (Lipinski definition) is 4. The fraction of sp³-hybridized carbons (Fsp3) is 0.462. The minimum absolute atomic E-state index is 0.0809. The number of piperidine rings is 1. The average molecular weight is 245 g/mol. The molecule has 96 valence electrons. The summed E-state index contributed by atoms with van der Waals surface area (Å²) >= 11 is 0. The van der Waals surface area contributed by atoms with Crippen LogP contribution in [0.5, 0.6) is 0 Å². The molecule has 1 saturated heterocycles. The Morgan fingerprint density at radius 2 is 2.11 bits per heavy atom. The van der Waals surface area contributed by atoms with Gasteiger partial charge in [0.05, 0.1) is 17.0 Å². The number of ether oxygens (including phenoxy) is 1. The first kappa shape index (κ1) is 12.6. The molecule has 0 atom stereocenters. The molecule has 0 bridgehead atoms. The number of nitrogens with two attached hydrogens (primary N) is 1. The zero-order chi connectivity index (χ0) is 13.1. The summed E-state index contributed by atoms with van der Waals surface area (Å²) in [5.74, 6) is 2.37. The molecule has 0 unspecified atom stereocenters. The highest BCUT2D eigenvalue weighted by molar-refractivity contribution is 6.16. The molecule has 3 N–H and O–H groups in total. The molecule has 0 amide bonds. The maximum absolute atomic E-state index is 9.08. The van der Waals surface area contributed by atoms with Crippen molar-refractivity contribution in [3.05, 3.63) is 34.6 Å². The van der Waals surface area contributed by atoms with Gasteiger partial charge in [0.15, 0.2) is 5.76 Å². The third kappa shape index (κ3) is 2.53. The van der Waals surface area contributed by atoms with E-state index in [4.69, 9.17) is 21.3 Å². The molecule has 1 aliphatic carbocycles. The van der Waals surface area contributed by atoms with Crippen LogP contribution in [0.15, 0.2) is 29.2 Å². The second kappa shape index (κ2) is 5.21. The van der Waals surface area contributed by atoms with Gasteiger partial charge in [-0.15, -0.1) is 0 Å². The van der Waals surface area contributed by atoms with Crippen molar-refractivity contribution in [2.75, 3.05) is 20.1 Å². The summed E-state index contributed by atoms with van der Waals surface area (Å²) in [6.07, 6.45) is 5.06. The maximum Gasteiger partial charge on any atom is 0.157 e. The third-order valence-corrected chi connectivity index (χ3v) is 3.25. The molecule has 0 radical (unpaired) electrons. The summed E-state index contributed by atoms with van der Waals surface area (Å²) in [7, 11) is 2.08. The second-order valence-electron chi connectivity index (χ2n) is 4.64. The summed E-state index contributed by atoms with van der Waals surface area (Å²) in [4.78, 5) is 2.25. The molecule has 1 heterocycles. The molecular weight excluding hydrogens is 228 g/mol. The van der Waals surface area contributed by atoms with Crippen molar-refractivity contribution in [2.45, 2.75) is 18.9 Å².